The molecule has 0 bridgehead atoms. The van der Waals surface area contributed by atoms with E-state index in [1.54, 1.807) is 0 Å². The lowest BCUT2D eigenvalue weighted by Crippen LogP contribution is -2.42. The number of nitrogens with zero attached hydrogens (tertiary/aromatic N) is 2. The van der Waals surface area contributed by atoms with E-state index in [1.165, 1.54) is 0 Å². The van der Waals surface area contributed by atoms with Crippen molar-refractivity contribution >= 4 is 5.96 Å². The summed E-state index contributed by atoms with van der Waals surface area (Å²) in [4.78, 5) is 4.50. The lowest BCUT2D eigenvalue weighted by atomic mass is 9.99. The van der Waals surface area contributed by atoms with Gasteiger partial charge in [-0.1, -0.05) is 32.9 Å². The second-order valence-electron chi connectivity index (χ2n) is 6.89. The maximum Gasteiger partial charge on any atom is 0.191 e. The van der Waals surface area contributed by atoms with Gasteiger partial charge in [-0.25, -0.2) is 4.99 Å². The molecule has 0 aliphatic carbocycles. The molecule has 150 valence electrons. The molecule has 1 heterocycles. The third-order valence-electron chi connectivity index (χ3n) is 3.98. The van der Waals surface area contributed by atoms with Crippen LogP contribution in [0.25, 0.3) is 0 Å². The van der Waals surface area contributed by atoms with Crippen LogP contribution in [0.15, 0.2) is 15.6 Å². The average Bonchev–Trinajstić information content (AvgIpc) is 3.07. The minimum absolute atomic E-state index is 0.311. The average molecular weight is 369 g/mol. The lowest BCUT2D eigenvalue weighted by molar-refractivity contribution is 0.0280. The SMILES string of the molecule is CCNC(=NCc1cc(C(CC)CC)no1)NCC(O)COCC(C)C. The monoisotopic (exact) mass is 368 g/mol. The minimum atomic E-state index is -0.579. The first kappa shape index (κ1) is 22.4. The van der Waals surface area contributed by atoms with Crippen LogP contribution in [0.1, 0.15) is 64.8 Å². The second-order valence-corrected chi connectivity index (χ2v) is 6.89. The van der Waals surface area contributed by atoms with Crippen LogP contribution < -0.4 is 10.6 Å². The third-order valence-corrected chi connectivity index (χ3v) is 3.98. The van der Waals surface area contributed by atoms with Crippen molar-refractivity contribution in [1.82, 2.24) is 15.8 Å². The summed E-state index contributed by atoms with van der Waals surface area (Å²) >= 11 is 0. The number of hydrogen-bond acceptors (Lipinski definition) is 5. The maximum absolute atomic E-state index is 9.98. The molecule has 0 aromatic carbocycles. The van der Waals surface area contributed by atoms with Crippen molar-refractivity contribution in [2.24, 2.45) is 10.9 Å². The first-order chi connectivity index (χ1) is 12.5. The highest BCUT2D eigenvalue weighted by Crippen LogP contribution is 2.22. The molecule has 0 saturated carbocycles. The Balaban J connectivity index is 2.50. The van der Waals surface area contributed by atoms with E-state index in [9.17, 15) is 5.11 Å². The van der Waals surface area contributed by atoms with Gasteiger partial charge in [0.15, 0.2) is 11.7 Å². The van der Waals surface area contributed by atoms with Crippen LogP contribution in [0.2, 0.25) is 0 Å². The van der Waals surface area contributed by atoms with Crippen molar-refractivity contribution in [1.29, 1.82) is 0 Å². The fourth-order valence-corrected chi connectivity index (χ4v) is 2.51. The Morgan fingerprint density at radius 3 is 2.58 bits per heavy atom. The van der Waals surface area contributed by atoms with E-state index >= 15 is 0 Å². The van der Waals surface area contributed by atoms with Gasteiger partial charge in [-0.2, -0.15) is 0 Å². The molecule has 0 aliphatic rings. The molecule has 7 nitrogen and oxygen atoms in total. The Morgan fingerprint density at radius 2 is 1.96 bits per heavy atom. The molecular weight excluding hydrogens is 332 g/mol. The van der Waals surface area contributed by atoms with Crippen LogP contribution in [-0.4, -0.2) is 48.6 Å². The Labute approximate surface area is 157 Å². The van der Waals surface area contributed by atoms with Crippen LogP contribution >= 0.6 is 0 Å². The third kappa shape index (κ3) is 8.67. The van der Waals surface area contributed by atoms with Gasteiger partial charge in [0.1, 0.15) is 6.54 Å². The van der Waals surface area contributed by atoms with E-state index in [1.807, 2.05) is 13.0 Å². The molecule has 26 heavy (non-hydrogen) atoms. The van der Waals surface area contributed by atoms with Gasteiger partial charge >= 0.3 is 0 Å². The van der Waals surface area contributed by atoms with Crippen molar-refractivity contribution in [2.75, 3.05) is 26.3 Å². The number of aromatic nitrogens is 1. The highest BCUT2D eigenvalue weighted by molar-refractivity contribution is 5.79. The Morgan fingerprint density at radius 1 is 1.23 bits per heavy atom. The van der Waals surface area contributed by atoms with Crippen LogP contribution in [-0.2, 0) is 11.3 Å². The topological polar surface area (TPSA) is 91.9 Å². The number of aliphatic imine (C=N–C) groups is 1. The molecule has 0 amide bonds. The largest absolute Gasteiger partial charge is 0.389 e. The van der Waals surface area contributed by atoms with Gasteiger partial charge < -0.3 is 25.0 Å². The molecule has 1 aromatic heterocycles. The summed E-state index contributed by atoms with van der Waals surface area (Å²) < 4.78 is 10.8. The van der Waals surface area contributed by atoms with E-state index in [0.29, 0.717) is 44.1 Å². The molecule has 1 unspecified atom stereocenters. The quantitative estimate of drug-likeness (QED) is 0.388. The summed E-state index contributed by atoms with van der Waals surface area (Å²) in [5.74, 6) is 2.27. The molecule has 0 radical (unpaired) electrons. The summed E-state index contributed by atoms with van der Waals surface area (Å²) in [6.45, 7) is 13.0. The molecule has 1 atom stereocenters. The van der Waals surface area contributed by atoms with Crippen molar-refractivity contribution in [3.05, 3.63) is 17.5 Å². The van der Waals surface area contributed by atoms with Crippen LogP contribution in [0, 0.1) is 5.92 Å². The predicted molar refractivity (Wildman–Crippen MR) is 104 cm³/mol. The number of aliphatic hydroxyl groups excluding tert-OH is 1. The molecule has 0 aliphatic heterocycles. The molecular formula is C19H36N4O3. The zero-order valence-electron chi connectivity index (χ0n) is 16.9. The van der Waals surface area contributed by atoms with Gasteiger partial charge in [0, 0.05) is 31.7 Å². The lowest BCUT2D eigenvalue weighted by Gasteiger charge is -2.16. The molecule has 1 aromatic rings. The number of nitrogens with one attached hydrogen (secondary N) is 2. The predicted octanol–water partition coefficient (Wildman–Crippen LogP) is 2.67. The van der Waals surface area contributed by atoms with E-state index in [-0.39, 0.29) is 0 Å². The maximum atomic E-state index is 9.98. The summed E-state index contributed by atoms with van der Waals surface area (Å²) in [6.07, 6.45) is 1.52. The Hall–Kier alpha value is -1.60. The number of hydrogen-bond donors (Lipinski definition) is 3. The fourth-order valence-electron chi connectivity index (χ4n) is 2.51. The van der Waals surface area contributed by atoms with Crippen molar-refractivity contribution < 1.29 is 14.4 Å². The van der Waals surface area contributed by atoms with Gasteiger partial charge in [-0.3, -0.25) is 0 Å². The van der Waals surface area contributed by atoms with Gasteiger partial charge in [0.05, 0.1) is 18.4 Å². The number of rotatable bonds is 12. The standard InChI is InChI=1S/C19H36N4O3/c1-6-15(7-2)18-9-17(26-23-18)11-22-19(20-8-3)21-10-16(24)13-25-12-14(4)5/h9,14-16,24H,6-8,10-13H2,1-5H3,(H2,20,21,22). The second kappa shape index (κ2) is 12.7. The number of guanidine groups is 1. The van der Waals surface area contributed by atoms with Crippen LogP contribution in [0.4, 0.5) is 0 Å². The summed E-state index contributed by atoms with van der Waals surface area (Å²) in [6, 6.07) is 1.99. The van der Waals surface area contributed by atoms with E-state index in [0.717, 1.165) is 30.8 Å². The number of aliphatic hydroxyl groups is 1. The smallest absolute Gasteiger partial charge is 0.191 e. The van der Waals surface area contributed by atoms with E-state index in [4.69, 9.17) is 9.26 Å². The van der Waals surface area contributed by atoms with Gasteiger partial charge in [-0.15, -0.1) is 0 Å². The zero-order valence-corrected chi connectivity index (χ0v) is 16.9. The normalized spacial score (nSPS) is 13.5. The van der Waals surface area contributed by atoms with Crippen LogP contribution in [0.5, 0.6) is 0 Å². The van der Waals surface area contributed by atoms with E-state index < -0.39 is 6.10 Å². The molecule has 0 fully saturated rings. The molecule has 0 spiro atoms. The first-order valence-electron chi connectivity index (χ1n) is 9.73. The highest BCUT2D eigenvalue weighted by Gasteiger charge is 2.13. The minimum Gasteiger partial charge on any atom is -0.389 e. The van der Waals surface area contributed by atoms with E-state index in [2.05, 4.69) is 48.5 Å². The van der Waals surface area contributed by atoms with Gasteiger partial charge in [-0.05, 0) is 25.7 Å². The van der Waals surface area contributed by atoms with Gasteiger partial charge in [0.25, 0.3) is 0 Å². The summed E-state index contributed by atoms with van der Waals surface area (Å²) in [5.41, 5.74) is 0.996. The molecule has 3 N–H and O–H groups in total. The van der Waals surface area contributed by atoms with Crippen molar-refractivity contribution in [3.8, 4) is 0 Å². The number of ether oxygens (including phenoxy) is 1. The molecule has 1 rings (SSSR count). The molecule has 7 heteroatoms. The fraction of sp³-hybridized carbons (Fsp3) is 0.789. The zero-order chi connectivity index (χ0) is 19.4. The van der Waals surface area contributed by atoms with Gasteiger partial charge in [0.2, 0.25) is 0 Å². The van der Waals surface area contributed by atoms with Crippen LogP contribution in [0.3, 0.4) is 0 Å². The Bertz CT molecular complexity index is 513. The van der Waals surface area contributed by atoms with Crippen molar-refractivity contribution in [2.45, 2.75) is 66.0 Å². The molecule has 0 saturated heterocycles. The highest BCUT2D eigenvalue weighted by atomic mass is 16.5. The Kier molecular flexibility index (Phi) is 11.0. The summed E-state index contributed by atoms with van der Waals surface area (Å²) in [5, 5.41) is 20.4. The first-order valence-corrected chi connectivity index (χ1v) is 9.73. The van der Waals surface area contributed by atoms with Crippen molar-refractivity contribution in [3.63, 3.8) is 0 Å². The summed E-state index contributed by atoms with van der Waals surface area (Å²) in [7, 11) is 0.